The predicted octanol–water partition coefficient (Wildman–Crippen LogP) is 4.76. The highest BCUT2D eigenvalue weighted by Gasteiger charge is 2.25. The summed E-state index contributed by atoms with van der Waals surface area (Å²) in [6.45, 7) is 6.10. The Morgan fingerprint density at radius 3 is 2.08 bits per heavy atom. The van der Waals surface area contributed by atoms with E-state index in [0.29, 0.717) is 19.4 Å². The third-order valence-corrected chi connectivity index (χ3v) is 4.34. The number of rotatable bonds is 2. The van der Waals surface area contributed by atoms with E-state index in [1.165, 1.54) is 0 Å². The van der Waals surface area contributed by atoms with Crippen molar-refractivity contribution < 1.29 is 19.4 Å². The van der Waals surface area contributed by atoms with Gasteiger partial charge in [-0.05, 0) is 46.5 Å². The molecule has 2 unspecified atom stereocenters. The number of hydrogen-bond acceptors (Lipinski definition) is 5. The van der Waals surface area contributed by atoms with Gasteiger partial charge < -0.3 is 9.84 Å². The molecule has 1 heterocycles. The lowest BCUT2D eigenvalue weighted by molar-refractivity contribution is -0.156. The zero-order chi connectivity index (χ0) is 18.7. The molecule has 1 aliphatic heterocycles. The normalized spacial score (nSPS) is 24.8. The molecule has 1 rings (SSSR count). The second kappa shape index (κ2) is 11.2. The van der Waals surface area contributed by atoms with Crippen molar-refractivity contribution >= 4 is 11.9 Å². The van der Waals surface area contributed by atoms with Crippen molar-refractivity contribution in [1.82, 2.24) is 0 Å². The summed E-state index contributed by atoms with van der Waals surface area (Å²) in [5.74, 6) is -1.22. The fourth-order valence-electron chi connectivity index (χ4n) is 2.97. The van der Waals surface area contributed by atoms with E-state index in [2.05, 4.69) is 10.2 Å². The Morgan fingerprint density at radius 2 is 1.48 bits per heavy atom. The van der Waals surface area contributed by atoms with Gasteiger partial charge in [-0.2, -0.15) is 10.2 Å². The van der Waals surface area contributed by atoms with Crippen LogP contribution in [0.15, 0.2) is 10.2 Å². The van der Waals surface area contributed by atoms with Crippen LogP contribution in [0.2, 0.25) is 0 Å². The standard InChI is InChI=1S/C19H34N2O4/c1-19(2,3)25-18(24)16-13-8-6-4-5-7-11-15(17(22)23)12-9-10-14-20-21-16/h15-16H,4-14H2,1-3H3,(H,22,23). The minimum absolute atomic E-state index is 0.239. The predicted molar refractivity (Wildman–Crippen MR) is 96.7 cm³/mol. The fraction of sp³-hybridized carbons (Fsp3) is 0.895. The van der Waals surface area contributed by atoms with Crippen LogP contribution in [0.3, 0.4) is 0 Å². The largest absolute Gasteiger partial charge is 0.481 e. The summed E-state index contributed by atoms with van der Waals surface area (Å²) < 4.78 is 5.45. The molecule has 0 fully saturated rings. The van der Waals surface area contributed by atoms with Crippen molar-refractivity contribution in [2.45, 2.75) is 96.6 Å². The van der Waals surface area contributed by atoms with Gasteiger partial charge in [0, 0.05) is 0 Å². The first-order valence-electron chi connectivity index (χ1n) is 9.62. The summed E-state index contributed by atoms with van der Waals surface area (Å²) in [4.78, 5) is 23.6. The molecular weight excluding hydrogens is 320 g/mol. The maximum atomic E-state index is 12.3. The maximum absolute atomic E-state index is 12.3. The summed E-state index contributed by atoms with van der Waals surface area (Å²) in [5.41, 5.74) is -0.518. The van der Waals surface area contributed by atoms with Gasteiger partial charge in [0.15, 0.2) is 6.04 Å². The number of nitrogens with zero attached hydrogens (tertiary/aromatic N) is 2. The number of aliphatic carboxylic acids is 1. The smallest absolute Gasteiger partial charge is 0.333 e. The van der Waals surface area contributed by atoms with Gasteiger partial charge in [0.1, 0.15) is 5.60 Å². The van der Waals surface area contributed by atoms with Crippen LogP contribution in [0.25, 0.3) is 0 Å². The molecule has 0 saturated heterocycles. The van der Waals surface area contributed by atoms with Crippen molar-refractivity contribution in [2.24, 2.45) is 16.1 Å². The molecule has 0 aliphatic carbocycles. The summed E-state index contributed by atoms with van der Waals surface area (Å²) in [6.07, 6.45) is 8.74. The molecular formula is C19H34N2O4. The quantitative estimate of drug-likeness (QED) is 0.724. The van der Waals surface area contributed by atoms with E-state index in [4.69, 9.17) is 4.74 Å². The third kappa shape index (κ3) is 10.2. The number of azo groups is 1. The van der Waals surface area contributed by atoms with Crippen LogP contribution in [-0.2, 0) is 14.3 Å². The number of hydrogen-bond donors (Lipinski definition) is 1. The monoisotopic (exact) mass is 354 g/mol. The number of carbonyl (C=O) groups excluding carboxylic acids is 1. The molecule has 0 aromatic carbocycles. The lowest BCUT2D eigenvalue weighted by atomic mass is 9.95. The number of carboxylic acid groups (broad SMARTS) is 1. The molecule has 0 spiro atoms. The van der Waals surface area contributed by atoms with Gasteiger partial charge in [-0.15, -0.1) is 0 Å². The van der Waals surface area contributed by atoms with Gasteiger partial charge in [-0.1, -0.05) is 38.5 Å². The molecule has 6 nitrogen and oxygen atoms in total. The summed E-state index contributed by atoms with van der Waals surface area (Å²) in [7, 11) is 0. The van der Waals surface area contributed by atoms with Crippen LogP contribution >= 0.6 is 0 Å². The second-order valence-corrected chi connectivity index (χ2v) is 7.91. The molecule has 0 saturated carbocycles. The lowest BCUT2D eigenvalue weighted by Gasteiger charge is -2.21. The van der Waals surface area contributed by atoms with E-state index in [1.807, 2.05) is 20.8 Å². The Balaban J connectivity index is 2.60. The van der Waals surface area contributed by atoms with Gasteiger partial charge in [0.05, 0.1) is 12.5 Å². The molecule has 0 aromatic heterocycles. The number of ether oxygens (including phenoxy) is 1. The zero-order valence-corrected chi connectivity index (χ0v) is 16.0. The molecule has 6 heteroatoms. The molecule has 0 bridgehead atoms. The van der Waals surface area contributed by atoms with Crippen LogP contribution in [0.1, 0.15) is 85.0 Å². The molecule has 144 valence electrons. The Morgan fingerprint density at radius 1 is 0.920 bits per heavy atom. The van der Waals surface area contributed by atoms with Crippen molar-refractivity contribution in [1.29, 1.82) is 0 Å². The van der Waals surface area contributed by atoms with Crippen molar-refractivity contribution in [2.75, 3.05) is 6.54 Å². The fourth-order valence-corrected chi connectivity index (χ4v) is 2.97. The van der Waals surface area contributed by atoms with Crippen LogP contribution < -0.4 is 0 Å². The molecule has 1 N–H and O–H groups in total. The van der Waals surface area contributed by atoms with Crippen LogP contribution in [0.5, 0.6) is 0 Å². The average Bonchev–Trinajstić information content (AvgIpc) is 2.51. The molecule has 1 aliphatic rings. The first kappa shape index (κ1) is 21.6. The highest BCUT2D eigenvalue weighted by Crippen LogP contribution is 2.20. The molecule has 0 amide bonds. The van der Waals surface area contributed by atoms with Crippen molar-refractivity contribution in [3.05, 3.63) is 0 Å². The van der Waals surface area contributed by atoms with E-state index < -0.39 is 17.6 Å². The van der Waals surface area contributed by atoms with Crippen molar-refractivity contribution in [3.63, 3.8) is 0 Å². The highest BCUT2D eigenvalue weighted by molar-refractivity contribution is 5.76. The van der Waals surface area contributed by atoms with E-state index in [0.717, 1.165) is 51.4 Å². The lowest BCUT2D eigenvalue weighted by Crippen LogP contribution is -2.30. The van der Waals surface area contributed by atoms with E-state index in [9.17, 15) is 14.7 Å². The summed E-state index contributed by atoms with van der Waals surface area (Å²) in [6, 6.07) is -0.517. The van der Waals surface area contributed by atoms with E-state index in [1.54, 1.807) is 0 Å². The first-order chi connectivity index (χ1) is 11.8. The van der Waals surface area contributed by atoms with Gasteiger partial charge >= 0.3 is 11.9 Å². The Hall–Kier alpha value is -1.46. The zero-order valence-electron chi connectivity index (χ0n) is 16.0. The number of carbonyl (C=O) groups is 2. The van der Waals surface area contributed by atoms with Gasteiger partial charge in [0.2, 0.25) is 0 Å². The second-order valence-electron chi connectivity index (χ2n) is 7.91. The van der Waals surface area contributed by atoms with Crippen LogP contribution in [-0.4, -0.2) is 35.2 Å². The van der Waals surface area contributed by atoms with Crippen LogP contribution in [0.4, 0.5) is 0 Å². The average molecular weight is 354 g/mol. The van der Waals surface area contributed by atoms with Crippen LogP contribution in [0, 0.1) is 5.92 Å². The maximum Gasteiger partial charge on any atom is 0.333 e. The SMILES string of the molecule is CC(C)(C)OC(=O)C1CCCCCCCC(C(=O)O)CCCCN=N1. The number of carboxylic acids is 1. The van der Waals surface area contributed by atoms with E-state index >= 15 is 0 Å². The first-order valence-corrected chi connectivity index (χ1v) is 9.62. The minimum atomic E-state index is -0.684. The molecule has 0 aromatic rings. The van der Waals surface area contributed by atoms with E-state index in [-0.39, 0.29) is 11.9 Å². The Kier molecular flexibility index (Phi) is 9.68. The topological polar surface area (TPSA) is 88.3 Å². The number of esters is 1. The Labute approximate surface area is 151 Å². The van der Waals surface area contributed by atoms with Gasteiger partial charge in [0.25, 0.3) is 0 Å². The molecule has 2 atom stereocenters. The third-order valence-electron chi connectivity index (χ3n) is 4.34. The highest BCUT2D eigenvalue weighted by atomic mass is 16.6. The van der Waals surface area contributed by atoms with Crippen molar-refractivity contribution in [3.8, 4) is 0 Å². The molecule has 25 heavy (non-hydrogen) atoms. The summed E-state index contributed by atoms with van der Waals surface area (Å²) >= 11 is 0. The molecule has 0 radical (unpaired) electrons. The summed E-state index contributed by atoms with van der Waals surface area (Å²) in [5, 5.41) is 17.7. The minimum Gasteiger partial charge on any atom is -0.481 e. The van der Waals surface area contributed by atoms with Gasteiger partial charge in [-0.3, -0.25) is 4.79 Å². The van der Waals surface area contributed by atoms with Gasteiger partial charge in [-0.25, -0.2) is 4.79 Å². The Bertz CT molecular complexity index is 443.